The van der Waals surface area contributed by atoms with Crippen LogP contribution in [0.1, 0.15) is 32.9 Å². The third-order valence-electron chi connectivity index (χ3n) is 4.31. The fourth-order valence-corrected chi connectivity index (χ4v) is 3.54. The minimum absolute atomic E-state index is 0.102. The van der Waals surface area contributed by atoms with Gasteiger partial charge in [-0.1, -0.05) is 42.1 Å². The fraction of sp³-hybridized carbons (Fsp3) is 0.250. The zero-order valence-electron chi connectivity index (χ0n) is 14.9. The third-order valence-corrected chi connectivity index (χ3v) is 5.24. The second-order valence-corrected chi connectivity index (χ2v) is 7.11. The van der Waals surface area contributed by atoms with E-state index in [1.807, 2.05) is 61.7 Å². The van der Waals surface area contributed by atoms with Crippen molar-refractivity contribution in [1.82, 2.24) is 14.8 Å². The summed E-state index contributed by atoms with van der Waals surface area (Å²) in [5.41, 5.74) is 5.27. The van der Waals surface area contributed by atoms with E-state index in [1.165, 1.54) is 17.3 Å². The van der Waals surface area contributed by atoms with Gasteiger partial charge in [-0.3, -0.25) is 9.36 Å². The molecule has 0 aliphatic carbocycles. The van der Waals surface area contributed by atoms with Crippen molar-refractivity contribution in [2.24, 2.45) is 0 Å². The van der Waals surface area contributed by atoms with Gasteiger partial charge in [0.2, 0.25) is 0 Å². The van der Waals surface area contributed by atoms with Crippen molar-refractivity contribution < 1.29 is 4.79 Å². The summed E-state index contributed by atoms with van der Waals surface area (Å²) in [7, 11) is 0. The monoisotopic (exact) mass is 351 g/mol. The molecule has 0 amide bonds. The van der Waals surface area contributed by atoms with Gasteiger partial charge in [0, 0.05) is 5.56 Å². The molecule has 0 radical (unpaired) electrons. The number of hydrogen-bond donors (Lipinski definition) is 0. The van der Waals surface area contributed by atoms with E-state index in [0.29, 0.717) is 5.75 Å². The minimum atomic E-state index is 0.102. The van der Waals surface area contributed by atoms with Crippen molar-refractivity contribution in [3.05, 3.63) is 70.5 Å². The standard InChI is InChI=1S/C20H21N3OS/c1-13-9-10-17(11-15(13)3)19(24)12-25-20-22-21-16(4)23(20)18-8-6-5-7-14(18)2/h5-11H,12H2,1-4H3. The lowest BCUT2D eigenvalue weighted by atomic mass is 10.0. The molecule has 0 bridgehead atoms. The summed E-state index contributed by atoms with van der Waals surface area (Å²) in [6.45, 7) is 8.06. The van der Waals surface area contributed by atoms with Crippen molar-refractivity contribution in [3.63, 3.8) is 0 Å². The van der Waals surface area contributed by atoms with Crippen LogP contribution in [0.3, 0.4) is 0 Å². The Hall–Kier alpha value is -2.40. The van der Waals surface area contributed by atoms with Crippen molar-refractivity contribution in [1.29, 1.82) is 0 Å². The Morgan fingerprint density at radius 3 is 2.44 bits per heavy atom. The molecule has 25 heavy (non-hydrogen) atoms. The lowest BCUT2D eigenvalue weighted by Gasteiger charge is -2.11. The molecular weight excluding hydrogens is 330 g/mol. The molecule has 0 saturated heterocycles. The maximum Gasteiger partial charge on any atom is 0.196 e. The molecule has 0 fully saturated rings. The average molecular weight is 351 g/mol. The van der Waals surface area contributed by atoms with E-state index in [2.05, 4.69) is 23.2 Å². The van der Waals surface area contributed by atoms with Crippen LogP contribution in [0.25, 0.3) is 5.69 Å². The first-order chi connectivity index (χ1) is 12.0. The molecule has 0 unspecified atom stereocenters. The molecule has 0 spiro atoms. The van der Waals surface area contributed by atoms with Gasteiger partial charge >= 0.3 is 0 Å². The number of Topliss-reactive ketones (excluding diaryl/α,β-unsaturated/α-hetero) is 1. The van der Waals surface area contributed by atoms with Crippen LogP contribution >= 0.6 is 11.8 Å². The van der Waals surface area contributed by atoms with Crippen molar-refractivity contribution >= 4 is 17.5 Å². The van der Waals surface area contributed by atoms with Crippen molar-refractivity contribution in [3.8, 4) is 5.69 Å². The fourth-order valence-electron chi connectivity index (χ4n) is 2.66. The summed E-state index contributed by atoms with van der Waals surface area (Å²) in [6, 6.07) is 13.9. The van der Waals surface area contributed by atoms with E-state index < -0.39 is 0 Å². The molecule has 1 heterocycles. The molecule has 0 saturated carbocycles. The number of aryl methyl sites for hydroxylation is 4. The summed E-state index contributed by atoms with van der Waals surface area (Å²) in [6.07, 6.45) is 0. The minimum Gasteiger partial charge on any atom is -0.293 e. The third kappa shape index (κ3) is 3.66. The summed E-state index contributed by atoms with van der Waals surface area (Å²) >= 11 is 1.42. The summed E-state index contributed by atoms with van der Waals surface area (Å²) in [4.78, 5) is 12.5. The van der Waals surface area contributed by atoms with Gasteiger partial charge in [0.05, 0.1) is 11.4 Å². The predicted molar refractivity (Wildman–Crippen MR) is 102 cm³/mol. The molecule has 0 aliphatic heterocycles. The number of ketones is 1. The Kier molecular flexibility index (Phi) is 5.04. The normalized spacial score (nSPS) is 10.9. The maximum absolute atomic E-state index is 12.5. The number of hydrogen-bond acceptors (Lipinski definition) is 4. The summed E-state index contributed by atoms with van der Waals surface area (Å²) < 4.78 is 2.01. The Morgan fingerprint density at radius 2 is 1.72 bits per heavy atom. The van der Waals surface area contributed by atoms with E-state index in [-0.39, 0.29) is 5.78 Å². The molecule has 5 heteroatoms. The maximum atomic E-state index is 12.5. The van der Waals surface area contributed by atoms with Crippen LogP contribution in [0.2, 0.25) is 0 Å². The number of aromatic nitrogens is 3. The number of nitrogens with zero attached hydrogens (tertiary/aromatic N) is 3. The summed E-state index contributed by atoms with van der Waals surface area (Å²) in [5, 5.41) is 9.19. The first-order valence-electron chi connectivity index (χ1n) is 8.18. The van der Waals surface area contributed by atoms with Gasteiger partial charge in [-0.15, -0.1) is 10.2 Å². The van der Waals surface area contributed by atoms with Gasteiger partial charge in [-0.2, -0.15) is 0 Å². The van der Waals surface area contributed by atoms with Crippen LogP contribution in [0.5, 0.6) is 0 Å². The predicted octanol–water partition coefficient (Wildman–Crippen LogP) is 4.48. The topological polar surface area (TPSA) is 47.8 Å². The Morgan fingerprint density at radius 1 is 0.960 bits per heavy atom. The number of para-hydroxylation sites is 1. The largest absolute Gasteiger partial charge is 0.293 e. The number of thioether (sulfide) groups is 1. The molecule has 1 aromatic heterocycles. The van der Waals surface area contributed by atoms with E-state index in [1.54, 1.807) is 0 Å². The Bertz CT molecular complexity index is 930. The van der Waals surface area contributed by atoms with Crippen LogP contribution in [-0.2, 0) is 0 Å². The van der Waals surface area contributed by atoms with Gasteiger partial charge in [-0.25, -0.2) is 0 Å². The Labute approximate surface area is 152 Å². The second-order valence-electron chi connectivity index (χ2n) is 6.16. The van der Waals surface area contributed by atoms with E-state index in [9.17, 15) is 4.79 Å². The van der Waals surface area contributed by atoms with Gasteiger partial charge in [0.15, 0.2) is 10.9 Å². The highest BCUT2D eigenvalue weighted by atomic mass is 32.2. The SMILES string of the molecule is Cc1ccc(C(=O)CSc2nnc(C)n2-c2ccccc2C)cc1C. The molecule has 0 N–H and O–H groups in total. The zero-order chi connectivity index (χ0) is 18.0. The average Bonchev–Trinajstić information content (AvgIpc) is 2.96. The van der Waals surface area contributed by atoms with E-state index in [0.717, 1.165) is 33.4 Å². The highest BCUT2D eigenvalue weighted by Crippen LogP contribution is 2.24. The number of rotatable bonds is 5. The molecule has 2 aromatic carbocycles. The number of carbonyl (C=O) groups is 1. The molecular formula is C20H21N3OS. The molecule has 3 rings (SSSR count). The first kappa shape index (κ1) is 17.4. The molecule has 3 aromatic rings. The van der Waals surface area contributed by atoms with Crippen LogP contribution < -0.4 is 0 Å². The van der Waals surface area contributed by atoms with Crippen molar-refractivity contribution in [2.75, 3.05) is 5.75 Å². The van der Waals surface area contributed by atoms with Gasteiger partial charge < -0.3 is 0 Å². The van der Waals surface area contributed by atoms with Crippen LogP contribution in [0.4, 0.5) is 0 Å². The van der Waals surface area contributed by atoms with Crippen LogP contribution in [-0.4, -0.2) is 26.3 Å². The van der Waals surface area contributed by atoms with E-state index >= 15 is 0 Å². The molecule has 128 valence electrons. The van der Waals surface area contributed by atoms with Crippen LogP contribution in [0.15, 0.2) is 47.6 Å². The molecule has 0 atom stereocenters. The lowest BCUT2D eigenvalue weighted by molar-refractivity contribution is 0.102. The highest BCUT2D eigenvalue weighted by molar-refractivity contribution is 7.99. The lowest BCUT2D eigenvalue weighted by Crippen LogP contribution is -2.06. The van der Waals surface area contributed by atoms with Crippen molar-refractivity contribution in [2.45, 2.75) is 32.9 Å². The quantitative estimate of drug-likeness (QED) is 0.502. The van der Waals surface area contributed by atoms with Gasteiger partial charge in [0.1, 0.15) is 5.82 Å². The summed E-state index contributed by atoms with van der Waals surface area (Å²) in [5.74, 6) is 1.26. The first-order valence-corrected chi connectivity index (χ1v) is 9.17. The van der Waals surface area contributed by atoms with E-state index in [4.69, 9.17) is 0 Å². The molecule has 4 nitrogen and oxygen atoms in total. The molecule has 0 aliphatic rings. The highest BCUT2D eigenvalue weighted by Gasteiger charge is 2.15. The van der Waals surface area contributed by atoms with Crippen LogP contribution in [0, 0.1) is 27.7 Å². The number of benzene rings is 2. The second kappa shape index (κ2) is 7.23. The zero-order valence-corrected chi connectivity index (χ0v) is 15.7. The Balaban J connectivity index is 1.82. The number of carbonyl (C=O) groups excluding carboxylic acids is 1. The van der Waals surface area contributed by atoms with Gasteiger partial charge in [0.25, 0.3) is 0 Å². The smallest absolute Gasteiger partial charge is 0.196 e. The van der Waals surface area contributed by atoms with Gasteiger partial charge in [-0.05, 0) is 56.5 Å².